The third-order valence-electron chi connectivity index (χ3n) is 4.43. The van der Waals surface area contributed by atoms with Gasteiger partial charge in [-0.25, -0.2) is 17.8 Å². The number of fused-ring (bicyclic) bond motifs is 2. The number of benzene rings is 2. The normalized spacial score (nSPS) is 11.9. The van der Waals surface area contributed by atoms with Gasteiger partial charge in [-0.3, -0.25) is 4.79 Å². The molecule has 0 bridgehead atoms. The Labute approximate surface area is 160 Å². The highest BCUT2D eigenvalue weighted by atomic mass is 32.2. The van der Waals surface area contributed by atoms with Crippen LogP contribution < -0.4 is 10.0 Å². The van der Waals surface area contributed by atoms with Gasteiger partial charge < -0.3 is 9.88 Å². The number of hydrogen-bond donors (Lipinski definition) is 2. The summed E-state index contributed by atoms with van der Waals surface area (Å²) in [4.78, 5) is 12.4. The van der Waals surface area contributed by atoms with Crippen LogP contribution in [0.15, 0.2) is 58.1 Å². The lowest BCUT2D eigenvalue weighted by atomic mass is 10.2. The monoisotopic (exact) mass is 399 g/mol. The molecule has 10 heteroatoms. The first-order valence-corrected chi connectivity index (χ1v) is 9.99. The first kappa shape index (κ1) is 18.1. The molecule has 2 N–H and O–H groups in total. The average Bonchev–Trinajstić information content (AvgIpc) is 3.30. The molecule has 4 aromatic rings. The van der Waals surface area contributed by atoms with Crippen LogP contribution in [0.2, 0.25) is 0 Å². The van der Waals surface area contributed by atoms with Crippen LogP contribution in [0.5, 0.6) is 0 Å². The number of sulfonamides is 1. The molecule has 28 heavy (non-hydrogen) atoms. The van der Waals surface area contributed by atoms with Gasteiger partial charge in [0.1, 0.15) is 16.1 Å². The Hall–Kier alpha value is -3.24. The highest BCUT2D eigenvalue weighted by Crippen LogP contribution is 2.19. The lowest BCUT2D eigenvalue weighted by Crippen LogP contribution is -2.35. The van der Waals surface area contributed by atoms with Crippen molar-refractivity contribution in [3.63, 3.8) is 0 Å². The average molecular weight is 399 g/mol. The molecule has 1 amide bonds. The van der Waals surface area contributed by atoms with Crippen LogP contribution in [0.1, 0.15) is 10.5 Å². The number of para-hydroxylation sites is 1. The Morgan fingerprint density at radius 1 is 1.11 bits per heavy atom. The molecule has 2 heterocycles. The fraction of sp³-hybridized carbons (Fsp3) is 0.167. The molecule has 9 nitrogen and oxygen atoms in total. The van der Waals surface area contributed by atoms with E-state index in [9.17, 15) is 13.2 Å². The number of hydrogen-bond acceptors (Lipinski definition) is 6. The molecule has 0 spiro atoms. The van der Waals surface area contributed by atoms with Crippen molar-refractivity contribution in [3.05, 3.63) is 54.2 Å². The molecule has 0 atom stereocenters. The van der Waals surface area contributed by atoms with Gasteiger partial charge in [-0.1, -0.05) is 24.3 Å². The quantitative estimate of drug-likeness (QED) is 0.473. The van der Waals surface area contributed by atoms with E-state index in [4.69, 9.17) is 0 Å². The van der Waals surface area contributed by atoms with E-state index >= 15 is 0 Å². The van der Waals surface area contributed by atoms with Crippen molar-refractivity contribution in [2.75, 3.05) is 13.1 Å². The van der Waals surface area contributed by atoms with E-state index in [0.717, 1.165) is 10.9 Å². The molecule has 0 aliphatic heterocycles. The first-order valence-electron chi connectivity index (χ1n) is 8.51. The van der Waals surface area contributed by atoms with Crippen molar-refractivity contribution in [2.45, 2.75) is 4.90 Å². The van der Waals surface area contributed by atoms with Crippen molar-refractivity contribution in [2.24, 2.45) is 7.05 Å². The molecule has 0 unspecified atom stereocenters. The summed E-state index contributed by atoms with van der Waals surface area (Å²) in [6.45, 7) is 0.159. The summed E-state index contributed by atoms with van der Waals surface area (Å²) >= 11 is 0. The standard InChI is InChI=1S/C18H17N5O4S/c1-23-14-7-3-2-5-12(14)11-15(23)18(24)19-9-10-20-28(25,26)16-8-4-6-13-17(16)22-27-21-13/h2-8,11,20H,9-10H2,1H3,(H,19,24). The smallest absolute Gasteiger partial charge is 0.267 e. The molecule has 2 aromatic heterocycles. The zero-order valence-electron chi connectivity index (χ0n) is 14.9. The summed E-state index contributed by atoms with van der Waals surface area (Å²) in [5, 5.41) is 11.0. The summed E-state index contributed by atoms with van der Waals surface area (Å²) in [7, 11) is -2.00. The number of nitrogens with zero attached hydrogens (tertiary/aromatic N) is 3. The van der Waals surface area contributed by atoms with E-state index in [2.05, 4.69) is 25.0 Å². The Bertz CT molecular complexity index is 1280. The minimum absolute atomic E-state index is 0.0220. The molecule has 4 rings (SSSR count). The van der Waals surface area contributed by atoms with Gasteiger partial charge in [0.2, 0.25) is 10.0 Å². The van der Waals surface area contributed by atoms with Crippen LogP contribution >= 0.6 is 0 Å². The Kier molecular flexibility index (Phi) is 4.57. The largest absolute Gasteiger partial charge is 0.349 e. The van der Waals surface area contributed by atoms with Crippen LogP contribution in [0.3, 0.4) is 0 Å². The minimum Gasteiger partial charge on any atom is -0.349 e. The summed E-state index contributed by atoms with van der Waals surface area (Å²) in [6.07, 6.45) is 0. The third-order valence-corrected chi connectivity index (χ3v) is 5.92. The van der Waals surface area contributed by atoms with Crippen molar-refractivity contribution >= 4 is 37.9 Å². The number of aryl methyl sites for hydroxylation is 1. The second kappa shape index (κ2) is 7.06. The van der Waals surface area contributed by atoms with Gasteiger partial charge in [-0.2, -0.15) is 0 Å². The molecular formula is C18H17N5O4S. The highest BCUT2D eigenvalue weighted by Gasteiger charge is 2.20. The maximum atomic E-state index is 12.5. The molecule has 0 aliphatic rings. The Morgan fingerprint density at radius 3 is 2.75 bits per heavy atom. The van der Waals surface area contributed by atoms with Crippen molar-refractivity contribution in [1.82, 2.24) is 24.9 Å². The molecule has 144 valence electrons. The zero-order chi connectivity index (χ0) is 19.7. The van der Waals surface area contributed by atoms with Crippen LogP contribution in [-0.4, -0.2) is 42.3 Å². The molecule has 0 saturated carbocycles. The fourth-order valence-corrected chi connectivity index (χ4v) is 4.22. The van der Waals surface area contributed by atoms with Gasteiger partial charge >= 0.3 is 0 Å². The number of amides is 1. The van der Waals surface area contributed by atoms with Crippen LogP contribution in [0, 0.1) is 0 Å². The van der Waals surface area contributed by atoms with E-state index in [1.807, 2.05) is 31.3 Å². The predicted molar refractivity (Wildman–Crippen MR) is 102 cm³/mol. The number of carbonyl (C=O) groups is 1. The lowest BCUT2D eigenvalue weighted by Gasteiger charge is -2.09. The van der Waals surface area contributed by atoms with E-state index in [1.165, 1.54) is 6.07 Å². The summed E-state index contributed by atoms with van der Waals surface area (Å²) in [6, 6.07) is 14.1. The second-order valence-corrected chi connectivity index (χ2v) is 7.92. The lowest BCUT2D eigenvalue weighted by molar-refractivity contribution is 0.0946. The SMILES string of the molecule is Cn1c(C(=O)NCCNS(=O)(=O)c2cccc3nonc23)cc2ccccc21. The molecule has 0 fully saturated rings. The maximum absolute atomic E-state index is 12.5. The van der Waals surface area contributed by atoms with Gasteiger partial charge in [0.05, 0.1) is 0 Å². The molecule has 0 radical (unpaired) electrons. The van der Waals surface area contributed by atoms with Gasteiger partial charge in [0, 0.05) is 31.0 Å². The number of aromatic nitrogens is 3. The minimum atomic E-state index is -3.82. The third kappa shape index (κ3) is 3.23. The van der Waals surface area contributed by atoms with E-state index in [-0.39, 0.29) is 29.4 Å². The van der Waals surface area contributed by atoms with Crippen LogP contribution in [0.25, 0.3) is 21.9 Å². The topological polar surface area (TPSA) is 119 Å². The Balaban J connectivity index is 1.40. The van der Waals surface area contributed by atoms with E-state index in [0.29, 0.717) is 11.2 Å². The molecule has 0 saturated heterocycles. The van der Waals surface area contributed by atoms with Gasteiger partial charge in [0.25, 0.3) is 5.91 Å². The van der Waals surface area contributed by atoms with Gasteiger partial charge in [-0.15, -0.1) is 0 Å². The van der Waals surface area contributed by atoms with Gasteiger partial charge in [0.15, 0.2) is 5.52 Å². The maximum Gasteiger partial charge on any atom is 0.267 e. The van der Waals surface area contributed by atoms with E-state index in [1.54, 1.807) is 22.8 Å². The summed E-state index contributed by atoms with van der Waals surface area (Å²) < 4.78 is 33.8. The van der Waals surface area contributed by atoms with Crippen LogP contribution in [0.4, 0.5) is 0 Å². The van der Waals surface area contributed by atoms with Crippen LogP contribution in [-0.2, 0) is 17.1 Å². The molecular weight excluding hydrogens is 382 g/mol. The zero-order valence-corrected chi connectivity index (χ0v) is 15.7. The van der Waals surface area contributed by atoms with Gasteiger partial charge in [-0.05, 0) is 34.6 Å². The Morgan fingerprint density at radius 2 is 1.93 bits per heavy atom. The number of rotatable bonds is 6. The van der Waals surface area contributed by atoms with E-state index < -0.39 is 10.0 Å². The van der Waals surface area contributed by atoms with Crippen molar-refractivity contribution < 1.29 is 17.8 Å². The summed E-state index contributed by atoms with van der Waals surface area (Å²) in [5.41, 5.74) is 1.96. The number of nitrogens with one attached hydrogen (secondary N) is 2. The first-order chi connectivity index (χ1) is 13.5. The molecule has 2 aromatic carbocycles. The number of carbonyl (C=O) groups excluding carboxylic acids is 1. The summed E-state index contributed by atoms with van der Waals surface area (Å²) in [5.74, 6) is -0.277. The fourth-order valence-electron chi connectivity index (χ4n) is 3.03. The molecule has 0 aliphatic carbocycles. The predicted octanol–water partition coefficient (Wildman–Crippen LogP) is 1.42. The van der Waals surface area contributed by atoms with Crippen molar-refractivity contribution in [3.8, 4) is 0 Å². The highest BCUT2D eigenvalue weighted by molar-refractivity contribution is 7.89. The van der Waals surface area contributed by atoms with Crippen molar-refractivity contribution in [1.29, 1.82) is 0 Å². The second-order valence-electron chi connectivity index (χ2n) is 6.19.